The lowest BCUT2D eigenvalue weighted by molar-refractivity contribution is 0.0933. The summed E-state index contributed by atoms with van der Waals surface area (Å²) >= 11 is 0. The summed E-state index contributed by atoms with van der Waals surface area (Å²) in [7, 11) is 0. The minimum absolute atomic E-state index is 0.0836. The average Bonchev–Trinajstić information content (AvgIpc) is 3.11. The summed E-state index contributed by atoms with van der Waals surface area (Å²) in [6, 6.07) is 14.4. The van der Waals surface area contributed by atoms with E-state index in [-0.39, 0.29) is 11.9 Å². The Morgan fingerprint density at radius 3 is 3.05 bits per heavy atom. The molecule has 0 spiro atoms. The number of aromatic nitrogens is 2. The van der Waals surface area contributed by atoms with Crippen LogP contribution in [0.3, 0.4) is 0 Å². The van der Waals surface area contributed by atoms with Crippen molar-refractivity contribution >= 4 is 16.8 Å². The number of hydrogen-bond acceptors (Lipinski definition) is 2. The van der Waals surface area contributed by atoms with Gasteiger partial charge in [0.25, 0.3) is 5.91 Å². The van der Waals surface area contributed by atoms with Gasteiger partial charge in [-0.05, 0) is 43.0 Å². The number of nitrogens with one attached hydrogen (secondary N) is 2. The molecule has 1 atom stereocenters. The smallest absolute Gasteiger partial charge is 0.272 e. The maximum absolute atomic E-state index is 12.6. The Morgan fingerprint density at radius 1 is 1.27 bits per heavy atom. The summed E-state index contributed by atoms with van der Waals surface area (Å²) in [4.78, 5) is 12.6. The van der Waals surface area contributed by atoms with E-state index in [1.54, 1.807) is 0 Å². The van der Waals surface area contributed by atoms with Gasteiger partial charge >= 0.3 is 0 Å². The Labute approximate surface area is 128 Å². The zero-order valence-corrected chi connectivity index (χ0v) is 12.4. The first-order valence-corrected chi connectivity index (χ1v) is 7.56. The van der Waals surface area contributed by atoms with Gasteiger partial charge in [0.1, 0.15) is 0 Å². The molecule has 4 nitrogen and oxygen atoms in total. The van der Waals surface area contributed by atoms with Crippen LogP contribution in [-0.4, -0.2) is 16.1 Å². The summed E-state index contributed by atoms with van der Waals surface area (Å²) in [6.07, 6.45) is 1.97. The number of nitrogens with zero attached hydrogens (tertiary/aromatic N) is 1. The van der Waals surface area contributed by atoms with Gasteiger partial charge in [-0.3, -0.25) is 9.89 Å². The molecule has 1 aliphatic rings. The Balaban J connectivity index is 1.64. The van der Waals surface area contributed by atoms with Gasteiger partial charge in [0, 0.05) is 5.39 Å². The fourth-order valence-corrected chi connectivity index (χ4v) is 3.23. The number of hydrogen-bond donors (Lipinski definition) is 2. The standard InChI is InChI=1S/C18H17N3O/c1-11-6-8-16-14(10-11)17(21-20-16)18(22)19-15-9-7-12-4-2-3-5-13(12)15/h2-6,8,10,15H,7,9H2,1H3,(H,19,22)(H,20,21). The molecule has 1 amide bonds. The van der Waals surface area contributed by atoms with Crippen molar-refractivity contribution in [3.05, 3.63) is 64.8 Å². The Morgan fingerprint density at radius 2 is 2.14 bits per heavy atom. The molecule has 0 aliphatic heterocycles. The molecule has 1 aliphatic carbocycles. The fourth-order valence-electron chi connectivity index (χ4n) is 3.23. The molecule has 0 fully saturated rings. The maximum atomic E-state index is 12.6. The van der Waals surface area contributed by atoms with Gasteiger partial charge in [-0.1, -0.05) is 35.9 Å². The van der Waals surface area contributed by atoms with Crippen LogP contribution in [0.15, 0.2) is 42.5 Å². The van der Waals surface area contributed by atoms with Gasteiger partial charge in [-0.25, -0.2) is 0 Å². The van der Waals surface area contributed by atoms with Crippen LogP contribution >= 0.6 is 0 Å². The summed E-state index contributed by atoms with van der Waals surface area (Å²) in [5.74, 6) is -0.112. The van der Waals surface area contributed by atoms with E-state index in [1.165, 1.54) is 11.1 Å². The molecule has 0 saturated carbocycles. The van der Waals surface area contributed by atoms with Crippen LogP contribution in [0.2, 0.25) is 0 Å². The quantitative estimate of drug-likeness (QED) is 0.761. The number of rotatable bonds is 2. The number of carbonyl (C=O) groups excluding carboxylic acids is 1. The van der Waals surface area contributed by atoms with Gasteiger partial charge < -0.3 is 5.32 Å². The van der Waals surface area contributed by atoms with Crippen molar-refractivity contribution in [2.75, 3.05) is 0 Å². The van der Waals surface area contributed by atoms with E-state index in [0.717, 1.165) is 29.3 Å². The number of amides is 1. The molecule has 0 radical (unpaired) electrons. The van der Waals surface area contributed by atoms with E-state index in [0.29, 0.717) is 5.69 Å². The van der Waals surface area contributed by atoms with Gasteiger partial charge in [-0.15, -0.1) is 0 Å². The largest absolute Gasteiger partial charge is 0.344 e. The predicted molar refractivity (Wildman–Crippen MR) is 85.8 cm³/mol. The highest BCUT2D eigenvalue weighted by Crippen LogP contribution is 2.31. The molecule has 1 unspecified atom stereocenters. The van der Waals surface area contributed by atoms with Gasteiger partial charge in [0.15, 0.2) is 5.69 Å². The van der Waals surface area contributed by atoms with E-state index in [1.807, 2.05) is 37.3 Å². The van der Waals surface area contributed by atoms with E-state index in [9.17, 15) is 4.79 Å². The van der Waals surface area contributed by atoms with Gasteiger partial charge in [-0.2, -0.15) is 5.10 Å². The first-order chi connectivity index (χ1) is 10.7. The van der Waals surface area contributed by atoms with Gasteiger partial charge in [0.05, 0.1) is 11.6 Å². The molecule has 0 bridgehead atoms. The summed E-state index contributed by atoms with van der Waals surface area (Å²) in [5.41, 5.74) is 5.04. The van der Waals surface area contributed by atoms with E-state index >= 15 is 0 Å². The lowest BCUT2D eigenvalue weighted by Gasteiger charge is -2.13. The van der Waals surface area contributed by atoms with Crippen LogP contribution in [-0.2, 0) is 6.42 Å². The zero-order chi connectivity index (χ0) is 15.1. The van der Waals surface area contributed by atoms with Gasteiger partial charge in [0.2, 0.25) is 0 Å². The molecule has 1 aromatic heterocycles. The Bertz CT molecular complexity index is 866. The monoisotopic (exact) mass is 291 g/mol. The second kappa shape index (κ2) is 4.98. The van der Waals surface area contributed by atoms with Crippen molar-refractivity contribution in [3.8, 4) is 0 Å². The van der Waals surface area contributed by atoms with Crippen LogP contribution in [0.5, 0.6) is 0 Å². The minimum atomic E-state index is -0.112. The Kier molecular flexibility index (Phi) is 2.96. The first kappa shape index (κ1) is 13.1. The van der Waals surface area contributed by atoms with E-state index in [4.69, 9.17) is 0 Å². The summed E-state index contributed by atoms with van der Waals surface area (Å²) < 4.78 is 0. The summed E-state index contributed by atoms with van der Waals surface area (Å²) in [6.45, 7) is 2.02. The van der Waals surface area contributed by atoms with Crippen molar-refractivity contribution in [2.45, 2.75) is 25.8 Å². The first-order valence-electron chi connectivity index (χ1n) is 7.56. The number of carbonyl (C=O) groups is 1. The third kappa shape index (κ3) is 2.08. The average molecular weight is 291 g/mol. The lowest BCUT2D eigenvalue weighted by atomic mass is 10.1. The van der Waals surface area contributed by atoms with Crippen molar-refractivity contribution in [2.24, 2.45) is 0 Å². The molecule has 3 aromatic rings. The summed E-state index contributed by atoms with van der Waals surface area (Å²) in [5, 5.41) is 11.1. The molecule has 4 heteroatoms. The van der Waals surface area contributed by atoms with Crippen LogP contribution in [0.25, 0.3) is 10.9 Å². The molecule has 2 aromatic carbocycles. The SMILES string of the molecule is Cc1ccc2[nH]nc(C(=O)NC3CCc4ccccc43)c2c1. The number of aryl methyl sites for hydroxylation is 2. The van der Waals surface area contributed by atoms with Crippen molar-refractivity contribution in [3.63, 3.8) is 0 Å². The van der Waals surface area contributed by atoms with E-state index < -0.39 is 0 Å². The molecular weight excluding hydrogens is 274 g/mol. The molecule has 0 saturated heterocycles. The molecule has 1 heterocycles. The zero-order valence-electron chi connectivity index (χ0n) is 12.4. The molecule has 4 rings (SSSR count). The van der Waals surface area contributed by atoms with Crippen molar-refractivity contribution in [1.29, 1.82) is 0 Å². The molecule has 2 N–H and O–H groups in total. The highest BCUT2D eigenvalue weighted by molar-refractivity contribution is 6.05. The molecule has 22 heavy (non-hydrogen) atoms. The number of fused-ring (bicyclic) bond motifs is 2. The number of benzene rings is 2. The molecule has 110 valence electrons. The highest BCUT2D eigenvalue weighted by Gasteiger charge is 2.25. The topological polar surface area (TPSA) is 57.8 Å². The lowest BCUT2D eigenvalue weighted by Crippen LogP contribution is -2.27. The number of aromatic amines is 1. The molecular formula is C18H17N3O. The van der Waals surface area contributed by atoms with Crippen LogP contribution in [0.1, 0.15) is 39.6 Å². The normalized spacial score (nSPS) is 16.7. The second-order valence-electron chi connectivity index (χ2n) is 5.88. The second-order valence-corrected chi connectivity index (χ2v) is 5.88. The minimum Gasteiger partial charge on any atom is -0.344 e. The Hall–Kier alpha value is -2.62. The van der Waals surface area contributed by atoms with Crippen LogP contribution in [0.4, 0.5) is 0 Å². The predicted octanol–water partition coefficient (Wildman–Crippen LogP) is 3.29. The van der Waals surface area contributed by atoms with Crippen molar-refractivity contribution < 1.29 is 4.79 Å². The highest BCUT2D eigenvalue weighted by atomic mass is 16.2. The fraction of sp³-hybridized carbons (Fsp3) is 0.222. The van der Waals surface area contributed by atoms with Crippen LogP contribution < -0.4 is 5.32 Å². The van der Waals surface area contributed by atoms with Crippen LogP contribution in [0, 0.1) is 6.92 Å². The third-order valence-electron chi connectivity index (χ3n) is 4.37. The van der Waals surface area contributed by atoms with Crippen molar-refractivity contribution in [1.82, 2.24) is 15.5 Å². The third-order valence-corrected chi connectivity index (χ3v) is 4.37. The van der Waals surface area contributed by atoms with E-state index in [2.05, 4.69) is 27.6 Å². The maximum Gasteiger partial charge on any atom is 0.272 e. The number of H-pyrrole nitrogens is 1.